The van der Waals surface area contributed by atoms with Crippen molar-refractivity contribution in [2.24, 2.45) is 5.92 Å². The molecule has 1 amide bonds. The molecular formula is C13H16BrNO4. The number of rotatable bonds is 4. The predicted octanol–water partition coefficient (Wildman–Crippen LogP) is 2.76. The van der Waals surface area contributed by atoms with Gasteiger partial charge in [0.25, 0.3) is 5.91 Å². The first-order valence-corrected chi connectivity index (χ1v) is 7.12. The summed E-state index contributed by atoms with van der Waals surface area (Å²) < 4.78 is 5.80. The number of piperidine rings is 1. The first kappa shape index (κ1) is 14.1. The topological polar surface area (TPSA) is 70.8 Å². The number of carboxylic acids is 1. The number of halogens is 1. The molecule has 1 fully saturated rings. The predicted molar refractivity (Wildman–Crippen MR) is 71.9 cm³/mol. The van der Waals surface area contributed by atoms with Crippen LogP contribution < -0.4 is 0 Å². The maximum Gasteiger partial charge on any atom is 0.303 e. The van der Waals surface area contributed by atoms with E-state index in [0.717, 1.165) is 12.8 Å². The second-order valence-electron chi connectivity index (χ2n) is 4.80. The summed E-state index contributed by atoms with van der Waals surface area (Å²) in [7, 11) is 0. The van der Waals surface area contributed by atoms with Gasteiger partial charge in [0, 0.05) is 19.5 Å². The smallest absolute Gasteiger partial charge is 0.303 e. The van der Waals surface area contributed by atoms with E-state index in [1.165, 1.54) is 0 Å². The third-order valence-electron chi connectivity index (χ3n) is 3.36. The highest BCUT2D eigenvalue weighted by Crippen LogP contribution is 2.23. The average molecular weight is 330 g/mol. The Hall–Kier alpha value is -1.30. The maximum atomic E-state index is 12.2. The maximum absolute atomic E-state index is 12.2. The van der Waals surface area contributed by atoms with Crippen LogP contribution in [0.25, 0.3) is 0 Å². The van der Waals surface area contributed by atoms with Crippen molar-refractivity contribution in [1.29, 1.82) is 0 Å². The van der Waals surface area contributed by atoms with Gasteiger partial charge in [0.05, 0.1) is 0 Å². The number of carbonyl (C=O) groups is 2. The van der Waals surface area contributed by atoms with Gasteiger partial charge in [-0.25, -0.2) is 0 Å². The lowest BCUT2D eigenvalue weighted by molar-refractivity contribution is -0.137. The third kappa shape index (κ3) is 3.83. The number of hydrogen-bond donors (Lipinski definition) is 1. The molecule has 1 N–H and O–H groups in total. The van der Waals surface area contributed by atoms with E-state index in [-0.39, 0.29) is 18.2 Å². The number of carboxylic acid groups (broad SMARTS) is 1. The monoisotopic (exact) mass is 329 g/mol. The minimum absolute atomic E-state index is 0.120. The lowest BCUT2D eigenvalue weighted by Gasteiger charge is -2.32. The number of nitrogens with zero attached hydrogens (tertiary/aromatic N) is 1. The first-order valence-electron chi connectivity index (χ1n) is 6.32. The summed E-state index contributed by atoms with van der Waals surface area (Å²) >= 11 is 3.17. The first-order chi connectivity index (χ1) is 9.06. The van der Waals surface area contributed by atoms with Crippen LogP contribution in [0.3, 0.4) is 0 Å². The van der Waals surface area contributed by atoms with Gasteiger partial charge in [-0.3, -0.25) is 9.59 Å². The van der Waals surface area contributed by atoms with Crippen LogP contribution >= 0.6 is 15.9 Å². The van der Waals surface area contributed by atoms with Crippen LogP contribution in [-0.2, 0) is 4.79 Å². The summed E-state index contributed by atoms with van der Waals surface area (Å²) in [4.78, 5) is 24.5. The van der Waals surface area contributed by atoms with Crippen LogP contribution in [0.2, 0.25) is 0 Å². The average Bonchev–Trinajstić information content (AvgIpc) is 2.82. The van der Waals surface area contributed by atoms with Crippen LogP contribution in [0.4, 0.5) is 0 Å². The SMILES string of the molecule is O=C(O)CCC1CCCN(C(=O)c2ccc(Br)o2)C1. The number of amides is 1. The highest BCUT2D eigenvalue weighted by atomic mass is 79.9. The molecule has 1 atom stereocenters. The lowest BCUT2D eigenvalue weighted by atomic mass is 9.93. The Balaban J connectivity index is 1.93. The van der Waals surface area contributed by atoms with Gasteiger partial charge in [-0.05, 0) is 53.2 Å². The van der Waals surface area contributed by atoms with Crippen molar-refractivity contribution in [1.82, 2.24) is 4.90 Å². The largest absolute Gasteiger partial charge is 0.481 e. The molecule has 0 radical (unpaired) electrons. The standard InChI is InChI=1S/C13H16BrNO4/c14-11-5-4-10(19-11)13(18)15-7-1-2-9(8-15)3-6-12(16)17/h4-5,9H,1-3,6-8H2,(H,16,17). The highest BCUT2D eigenvalue weighted by molar-refractivity contribution is 9.10. The van der Waals surface area contributed by atoms with Crippen LogP contribution in [0.5, 0.6) is 0 Å². The summed E-state index contributed by atoms with van der Waals surface area (Å²) in [5.74, 6) is -0.304. The fraction of sp³-hybridized carbons (Fsp3) is 0.538. The number of carbonyl (C=O) groups excluding carboxylic acids is 1. The van der Waals surface area contributed by atoms with E-state index in [4.69, 9.17) is 9.52 Å². The van der Waals surface area contributed by atoms with Crippen molar-refractivity contribution in [2.75, 3.05) is 13.1 Å². The number of likely N-dealkylation sites (tertiary alicyclic amines) is 1. The molecule has 6 heteroatoms. The van der Waals surface area contributed by atoms with E-state index < -0.39 is 5.97 Å². The Morgan fingerprint density at radius 2 is 2.26 bits per heavy atom. The quantitative estimate of drug-likeness (QED) is 0.921. The molecule has 2 heterocycles. The second-order valence-corrected chi connectivity index (χ2v) is 5.58. The molecule has 5 nitrogen and oxygen atoms in total. The van der Waals surface area contributed by atoms with Gasteiger partial charge in [-0.1, -0.05) is 0 Å². The second kappa shape index (κ2) is 6.23. The fourth-order valence-corrected chi connectivity index (χ4v) is 2.70. The van der Waals surface area contributed by atoms with Crippen LogP contribution in [0, 0.1) is 5.92 Å². The third-order valence-corrected chi connectivity index (χ3v) is 3.78. The Morgan fingerprint density at radius 3 is 2.89 bits per heavy atom. The van der Waals surface area contributed by atoms with Crippen molar-refractivity contribution in [3.05, 3.63) is 22.6 Å². The molecule has 0 aliphatic carbocycles. The van der Waals surface area contributed by atoms with Crippen molar-refractivity contribution < 1.29 is 19.1 Å². The number of furan rings is 1. The van der Waals surface area contributed by atoms with Crippen LogP contribution in [0.1, 0.15) is 36.2 Å². The Labute approximate surface area is 119 Å². The molecule has 19 heavy (non-hydrogen) atoms. The fourth-order valence-electron chi connectivity index (χ4n) is 2.40. The van der Waals surface area contributed by atoms with Crippen LogP contribution in [0.15, 0.2) is 21.2 Å². The Morgan fingerprint density at radius 1 is 1.47 bits per heavy atom. The molecular weight excluding hydrogens is 314 g/mol. The normalized spacial score (nSPS) is 19.4. The minimum atomic E-state index is -0.779. The molecule has 1 aromatic rings. The molecule has 104 valence electrons. The van der Waals surface area contributed by atoms with Crippen molar-refractivity contribution in [3.63, 3.8) is 0 Å². The van der Waals surface area contributed by atoms with Gasteiger partial charge in [0.2, 0.25) is 0 Å². The minimum Gasteiger partial charge on any atom is -0.481 e. The van der Waals surface area contributed by atoms with E-state index in [9.17, 15) is 9.59 Å². The summed E-state index contributed by atoms with van der Waals surface area (Å²) in [6, 6.07) is 3.34. The van der Waals surface area contributed by atoms with Gasteiger partial charge in [-0.15, -0.1) is 0 Å². The van der Waals surface area contributed by atoms with E-state index >= 15 is 0 Å². The molecule has 0 spiro atoms. The molecule has 1 aliphatic heterocycles. The van der Waals surface area contributed by atoms with Gasteiger partial charge in [0.15, 0.2) is 10.4 Å². The van der Waals surface area contributed by atoms with Crippen molar-refractivity contribution in [2.45, 2.75) is 25.7 Å². The number of hydrogen-bond acceptors (Lipinski definition) is 3. The van der Waals surface area contributed by atoms with Gasteiger partial charge >= 0.3 is 5.97 Å². The molecule has 1 aliphatic rings. The molecule has 1 unspecified atom stereocenters. The Kier molecular flexibility index (Phi) is 4.63. The molecule has 0 aromatic carbocycles. The van der Waals surface area contributed by atoms with E-state index in [1.54, 1.807) is 17.0 Å². The summed E-state index contributed by atoms with van der Waals surface area (Å²) in [5, 5.41) is 8.70. The van der Waals surface area contributed by atoms with Gasteiger partial charge in [0.1, 0.15) is 0 Å². The van der Waals surface area contributed by atoms with Crippen molar-refractivity contribution in [3.8, 4) is 0 Å². The summed E-state index contributed by atoms with van der Waals surface area (Å²) in [6.07, 6.45) is 2.69. The zero-order valence-corrected chi connectivity index (χ0v) is 12.1. The molecule has 0 bridgehead atoms. The van der Waals surface area contributed by atoms with E-state index in [1.807, 2.05) is 0 Å². The number of aliphatic carboxylic acids is 1. The molecule has 1 saturated heterocycles. The van der Waals surface area contributed by atoms with Gasteiger partial charge in [-0.2, -0.15) is 0 Å². The highest BCUT2D eigenvalue weighted by Gasteiger charge is 2.26. The Bertz CT molecular complexity index is 471. The van der Waals surface area contributed by atoms with E-state index in [0.29, 0.717) is 29.9 Å². The molecule has 1 aromatic heterocycles. The van der Waals surface area contributed by atoms with Crippen molar-refractivity contribution >= 4 is 27.8 Å². The van der Waals surface area contributed by atoms with Gasteiger partial charge < -0.3 is 14.4 Å². The summed E-state index contributed by atoms with van der Waals surface area (Å²) in [6.45, 7) is 1.32. The van der Waals surface area contributed by atoms with E-state index in [2.05, 4.69) is 15.9 Å². The zero-order chi connectivity index (χ0) is 13.8. The summed E-state index contributed by atoms with van der Waals surface area (Å²) in [5.41, 5.74) is 0. The molecule has 2 rings (SSSR count). The molecule has 0 saturated carbocycles. The lowest BCUT2D eigenvalue weighted by Crippen LogP contribution is -2.39. The van der Waals surface area contributed by atoms with Crippen LogP contribution in [-0.4, -0.2) is 35.0 Å². The zero-order valence-electron chi connectivity index (χ0n) is 10.5.